The molecule has 3 aromatic rings. The molecule has 0 aliphatic carbocycles. The third kappa shape index (κ3) is 5.31. The smallest absolute Gasteiger partial charge is 0.226 e. The van der Waals surface area contributed by atoms with Crippen molar-refractivity contribution in [3.63, 3.8) is 0 Å². The van der Waals surface area contributed by atoms with Gasteiger partial charge in [-0.05, 0) is 23.8 Å². The van der Waals surface area contributed by atoms with Gasteiger partial charge in [0.25, 0.3) is 0 Å². The predicted molar refractivity (Wildman–Crippen MR) is 99.9 cm³/mol. The molecule has 0 atom stereocenters. The summed E-state index contributed by atoms with van der Waals surface area (Å²) in [5, 5.41) is 6.25. The number of thiazole rings is 1. The molecular weight excluding hydrogens is 356 g/mol. The molecule has 0 unspecified atom stereocenters. The Morgan fingerprint density at radius 3 is 2.68 bits per heavy atom. The van der Waals surface area contributed by atoms with Crippen LogP contribution in [-0.4, -0.2) is 10.9 Å². The Morgan fingerprint density at radius 1 is 1.12 bits per heavy atom. The fourth-order valence-electron chi connectivity index (χ4n) is 2.22. The number of para-hydroxylation sites is 1. The highest BCUT2D eigenvalue weighted by molar-refractivity contribution is 7.09. The lowest BCUT2D eigenvalue weighted by molar-refractivity contribution is -0.120. The summed E-state index contributed by atoms with van der Waals surface area (Å²) < 4.78 is 5.66. The molecule has 6 heteroatoms. The van der Waals surface area contributed by atoms with Crippen LogP contribution in [0.4, 0.5) is 0 Å². The highest BCUT2D eigenvalue weighted by atomic mass is 35.5. The van der Waals surface area contributed by atoms with Crippen LogP contribution < -0.4 is 10.1 Å². The number of rotatable bonds is 7. The summed E-state index contributed by atoms with van der Waals surface area (Å²) in [6.07, 6.45) is 0.242. The molecule has 25 heavy (non-hydrogen) atoms. The Bertz CT molecular complexity index is 836. The number of hydrogen-bond acceptors (Lipinski definition) is 4. The fourth-order valence-corrected chi connectivity index (χ4v) is 3.13. The van der Waals surface area contributed by atoms with Gasteiger partial charge in [-0.3, -0.25) is 4.79 Å². The number of aromatic nitrogens is 1. The van der Waals surface area contributed by atoms with E-state index in [1.165, 1.54) is 11.3 Å². The molecule has 1 heterocycles. The zero-order valence-corrected chi connectivity index (χ0v) is 15.0. The Hall–Kier alpha value is -2.37. The van der Waals surface area contributed by atoms with E-state index in [0.29, 0.717) is 18.2 Å². The van der Waals surface area contributed by atoms with Crippen LogP contribution in [0.5, 0.6) is 5.75 Å². The van der Waals surface area contributed by atoms with E-state index in [0.717, 1.165) is 22.0 Å². The first-order valence-electron chi connectivity index (χ1n) is 7.82. The van der Waals surface area contributed by atoms with Crippen LogP contribution in [0.25, 0.3) is 0 Å². The first kappa shape index (κ1) is 17.5. The number of ether oxygens (including phenoxy) is 1. The van der Waals surface area contributed by atoms with Crippen molar-refractivity contribution < 1.29 is 9.53 Å². The monoisotopic (exact) mass is 372 g/mol. The predicted octanol–water partition coefficient (Wildman–Crippen LogP) is 4.23. The van der Waals surface area contributed by atoms with Gasteiger partial charge < -0.3 is 10.1 Å². The first-order valence-corrected chi connectivity index (χ1v) is 9.08. The van der Waals surface area contributed by atoms with E-state index in [9.17, 15) is 4.79 Å². The SMILES string of the molecule is O=C(Cc1csc(COc2ccccc2)n1)NCc1ccccc1Cl. The molecule has 128 valence electrons. The molecule has 0 saturated heterocycles. The summed E-state index contributed by atoms with van der Waals surface area (Å²) in [7, 11) is 0. The Morgan fingerprint density at radius 2 is 1.88 bits per heavy atom. The van der Waals surface area contributed by atoms with Gasteiger partial charge in [0, 0.05) is 16.9 Å². The summed E-state index contributed by atoms with van der Waals surface area (Å²) in [5.74, 6) is 0.720. The zero-order valence-electron chi connectivity index (χ0n) is 13.4. The number of nitrogens with zero attached hydrogens (tertiary/aromatic N) is 1. The van der Waals surface area contributed by atoms with E-state index in [2.05, 4.69) is 10.3 Å². The highest BCUT2D eigenvalue weighted by Gasteiger charge is 2.09. The average molecular weight is 373 g/mol. The fraction of sp³-hybridized carbons (Fsp3) is 0.158. The van der Waals surface area contributed by atoms with Gasteiger partial charge in [0.1, 0.15) is 17.4 Å². The second-order valence-corrected chi connectivity index (χ2v) is 6.73. The summed E-state index contributed by atoms with van der Waals surface area (Å²) in [4.78, 5) is 16.5. The molecule has 0 saturated carbocycles. The van der Waals surface area contributed by atoms with E-state index < -0.39 is 0 Å². The molecule has 0 aliphatic rings. The van der Waals surface area contributed by atoms with Gasteiger partial charge in [0.15, 0.2) is 0 Å². The molecule has 0 spiro atoms. The lowest BCUT2D eigenvalue weighted by Crippen LogP contribution is -2.24. The standard InChI is InChI=1S/C19H17ClN2O2S/c20-17-9-5-4-6-14(17)11-21-18(23)10-15-13-25-19(22-15)12-24-16-7-2-1-3-8-16/h1-9,13H,10-12H2,(H,21,23). The molecule has 0 radical (unpaired) electrons. The van der Waals surface area contributed by atoms with Gasteiger partial charge in [-0.1, -0.05) is 48.0 Å². The zero-order chi connectivity index (χ0) is 17.5. The highest BCUT2D eigenvalue weighted by Crippen LogP contribution is 2.16. The second-order valence-electron chi connectivity index (χ2n) is 5.38. The lowest BCUT2D eigenvalue weighted by atomic mass is 10.2. The van der Waals surface area contributed by atoms with Crippen molar-refractivity contribution in [3.05, 3.63) is 81.3 Å². The number of nitrogens with one attached hydrogen (secondary N) is 1. The van der Waals surface area contributed by atoms with Crippen LogP contribution >= 0.6 is 22.9 Å². The quantitative estimate of drug-likeness (QED) is 0.675. The minimum atomic E-state index is -0.0826. The number of carbonyl (C=O) groups is 1. The van der Waals surface area contributed by atoms with Crippen LogP contribution in [-0.2, 0) is 24.4 Å². The van der Waals surface area contributed by atoms with Crippen LogP contribution in [0.2, 0.25) is 5.02 Å². The molecule has 0 bridgehead atoms. The van der Waals surface area contributed by atoms with Crippen LogP contribution in [0.3, 0.4) is 0 Å². The largest absolute Gasteiger partial charge is 0.486 e. The maximum atomic E-state index is 12.1. The Balaban J connectivity index is 1.47. The number of benzene rings is 2. The van der Waals surface area contributed by atoms with Crippen LogP contribution in [0.15, 0.2) is 60.0 Å². The summed E-state index contributed by atoms with van der Waals surface area (Å²) in [6, 6.07) is 17.0. The Labute approximate surface area is 155 Å². The van der Waals surface area contributed by atoms with E-state index in [-0.39, 0.29) is 12.3 Å². The molecule has 2 aromatic carbocycles. The van der Waals surface area contributed by atoms with Gasteiger partial charge in [-0.25, -0.2) is 4.98 Å². The summed E-state index contributed by atoms with van der Waals surface area (Å²) in [5.41, 5.74) is 1.64. The second kappa shape index (κ2) is 8.65. The van der Waals surface area contributed by atoms with Gasteiger partial charge >= 0.3 is 0 Å². The van der Waals surface area contributed by atoms with Crippen molar-refractivity contribution in [2.75, 3.05) is 0 Å². The molecule has 1 amide bonds. The Kier molecular flexibility index (Phi) is 6.04. The summed E-state index contributed by atoms with van der Waals surface area (Å²) in [6.45, 7) is 0.808. The van der Waals surface area contributed by atoms with Crippen molar-refractivity contribution in [3.8, 4) is 5.75 Å². The van der Waals surface area contributed by atoms with Crippen molar-refractivity contribution in [1.29, 1.82) is 0 Å². The van der Waals surface area contributed by atoms with Gasteiger partial charge in [-0.2, -0.15) is 0 Å². The van der Waals surface area contributed by atoms with Gasteiger partial charge in [0.05, 0.1) is 12.1 Å². The van der Waals surface area contributed by atoms with Crippen LogP contribution in [0.1, 0.15) is 16.3 Å². The molecular formula is C19H17ClN2O2S. The molecule has 3 rings (SSSR count). The summed E-state index contributed by atoms with van der Waals surface area (Å²) >= 11 is 7.57. The molecule has 1 aromatic heterocycles. The topological polar surface area (TPSA) is 51.2 Å². The minimum absolute atomic E-state index is 0.0826. The number of hydrogen-bond donors (Lipinski definition) is 1. The minimum Gasteiger partial charge on any atom is -0.486 e. The third-order valence-electron chi connectivity index (χ3n) is 3.48. The maximum Gasteiger partial charge on any atom is 0.226 e. The average Bonchev–Trinajstić information content (AvgIpc) is 3.07. The van der Waals surface area contributed by atoms with E-state index in [4.69, 9.17) is 16.3 Å². The van der Waals surface area contributed by atoms with Crippen molar-refractivity contribution in [1.82, 2.24) is 10.3 Å². The number of halogens is 1. The van der Waals surface area contributed by atoms with Crippen LogP contribution in [0, 0.1) is 0 Å². The molecule has 0 fully saturated rings. The molecule has 1 N–H and O–H groups in total. The van der Waals surface area contributed by atoms with Crippen molar-refractivity contribution >= 4 is 28.8 Å². The van der Waals surface area contributed by atoms with Crippen molar-refractivity contribution in [2.24, 2.45) is 0 Å². The van der Waals surface area contributed by atoms with E-state index in [1.54, 1.807) is 0 Å². The number of carbonyl (C=O) groups excluding carboxylic acids is 1. The van der Waals surface area contributed by atoms with E-state index >= 15 is 0 Å². The molecule has 4 nitrogen and oxygen atoms in total. The maximum absolute atomic E-state index is 12.1. The lowest BCUT2D eigenvalue weighted by Gasteiger charge is -2.06. The first-order chi connectivity index (χ1) is 12.2. The van der Waals surface area contributed by atoms with E-state index in [1.807, 2.05) is 60.0 Å². The third-order valence-corrected chi connectivity index (χ3v) is 4.72. The normalized spacial score (nSPS) is 10.4. The van der Waals surface area contributed by atoms with Crippen molar-refractivity contribution in [2.45, 2.75) is 19.6 Å². The van der Waals surface area contributed by atoms with Gasteiger partial charge in [-0.15, -0.1) is 11.3 Å². The molecule has 0 aliphatic heterocycles. The van der Waals surface area contributed by atoms with Gasteiger partial charge in [0.2, 0.25) is 5.91 Å². The number of amides is 1.